The number of nitrogens with zero attached hydrogens (tertiary/aromatic N) is 2. The first kappa shape index (κ1) is 16.5. The van der Waals surface area contributed by atoms with Crippen LogP contribution in [0.4, 0.5) is 5.69 Å². The third kappa shape index (κ3) is 3.94. The van der Waals surface area contributed by atoms with Crippen molar-refractivity contribution in [3.63, 3.8) is 0 Å². The molecule has 0 aliphatic carbocycles. The molecule has 0 bridgehead atoms. The molecule has 0 saturated heterocycles. The number of carbonyl (C=O) groups is 1. The summed E-state index contributed by atoms with van der Waals surface area (Å²) in [6.45, 7) is 6.77. The Labute approximate surface area is 143 Å². The number of anilines is 1. The fourth-order valence-corrected chi connectivity index (χ4v) is 2.96. The Bertz CT molecular complexity index is 694. The number of amides is 1. The fraction of sp³-hybridized carbons (Fsp3) is 0.400. The molecule has 0 fully saturated rings. The molecule has 2 aromatic rings. The highest BCUT2D eigenvalue weighted by Gasteiger charge is 2.22. The minimum Gasteiger partial charge on any atom is -0.384 e. The van der Waals surface area contributed by atoms with E-state index >= 15 is 0 Å². The Kier molecular flexibility index (Phi) is 5.14. The van der Waals surface area contributed by atoms with Crippen LogP contribution in [0.1, 0.15) is 41.9 Å². The lowest BCUT2D eigenvalue weighted by atomic mass is 10.00. The van der Waals surface area contributed by atoms with Gasteiger partial charge in [0.25, 0.3) is 5.91 Å². The van der Waals surface area contributed by atoms with Gasteiger partial charge in [-0.3, -0.25) is 4.79 Å². The first-order valence-corrected chi connectivity index (χ1v) is 8.69. The summed E-state index contributed by atoms with van der Waals surface area (Å²) in [5.41, 5.74) is 4.07. The summed E-state index contributed by atoms with van der Waals surface area (Å²) < 4.78 is 0. The lowest BCUT2D eigenvalue weighted by molar-refractivity contribution is 0.0729. The van der Waals surface area contributed by atoms with Crippen LogP contribution in [-0.2, 0) is 13.0 Å². The van der Waals surface area contributed by atoms with Crippen molar-refractivity contribution in [3.05, 3.63) is 59.4 Å². The molecule has 24 heavy (non-hydrogen) atoms. The second-order valence-corrected chi connectivity index (χ2v) is 6.79. The summed E-state index contributed by atoms with van der Waals surface area (Å²) in [7, 11) is 0. The Balaban J connectivity index is 1.61. The highest BCUT2D eigenvalue weighted by Crippen LogP contribution is 2.20. The first-order valence-electron chi connectivity index (χ1n) is 8.69. The molecule has 2 heterocycles. The van der Waals surface area contributed by atoms with Crippen molar-refractivity contribution in [2.75, 3.05) is 18.4 Å². The van der Waals surface area contributed by atoms with E-state index in [-0.39, 0.29) is 5.91 Å². The van der Waals surface area contributed by atoms with Crippen molar-refractivity contribution in [2.45, 2.75) is 33.2 Å². The van der Waals surface area contributed by atoms with E-state index in [2.05, 4.69) is 42.3 Å². The van der Waals surface area contributed by atoms with Gasteiger partial charge in [0.1, 0.15) is 5.69 Å². The lowest BCUT2D eigenvalue weighted by Gasteiger charge is -2.28. The smallest absolute Gasteiger partial charge is 0.272 e. The van der Waals surface area contributed by atoms with Crippen LogP contribution >= 0.6 is 0 Å². The SMILES string of the molecule is CC(C)CCNc1ccc(C(=O)N2CCc3ccccc3C2)nc1. The Morgan fingerprint density at radius 2 is 2.00 bits per heavy atom. The van der Waals surface area contributed by atoms with Gasteiger partial charge >= 0.3 is 0 Å². The van der Waals surface area contributed by atoms with E-state index in [1.165, 1.54) is 11.1 Å². The van der Waals surface area contributed by atoms with Crippen LogP contribution in [0.5, 0.6) is 0 Å². The van der Waals surface area contributed by atoms with Crippen molar-refractivity contribution in [2.24, 2.45) is 5.92 Å². The molecule has 4 heteroatoms. The number of carbonyl (C=O) groups excluding carboxylic acids is 1. The molecule has 1 amide bonds. The molecule has 1 aliphatic heterocycles. The van der Waals surface area contributed by atoms with Gasteiger partial charge in [0, 0.05) is 19.6 Å². The second-order valence-electron chi connectivity index (χ2n) is 6.79. The van der Waals surface area contributed by atoms with Crippen molar-refractivity contribution < 1.29 is 4.79 Å². The maximum Gasteiger partial charge on any atom is 0.272 e. The number of hydrogen-bond acceptors (Lipinski definition) is 3. The zero-order valence-corrected chi connectivity index (χ0v) is 14.5. The van der Waals surface area contributed by atoms with Crippen LogP contribution in [0.15, 0.2) is 42.6 Å². The monoisotopic (exact) mass is 323 g/mol. The van der Waals surface area contributed by atoms with Crippen LogP contribution in [0.3, 0.4) is 0 Å². The molecule has 0 spiro atoms. The normalized spacial score (nSPS) is 13.7. The molecule has 3 rings (SSSR count). The Morgan fingerprint density at radius 3 is 2.71 bits per heavy atom. The van der Waals surface area contributed by atoms with E-state index in [0.717, 1.165) is 31.6 Å². The summed E-state index contributed by atoms with van der Waals surface area (Å²) in [5, 5.41) is 3.35. The molecule has 4 nitrogen and oxygen atoms in total. The van der Waals surface area contributed by atoms with Gasteiger partial charge in [-0.15, -0.1) is 0 Å². The maximum atomic E-state index is 12.7. The summed E-state index contributed by atoms with van der Waals surface area (Å²) >= 11 is 0. The van der Waals surface area contributed by atoms with E-state index in [4.69, 9.17) is 0 Å². The first-order chi connectivity index (χ1) is 11.6. The van der Waals surface area contributed by atoms with E-state index in [9.17, 15) is 4.79 Å². The lowest BCUT2D eigenvalue weighted by Crippen LogP contribution is -2.36. The second kappa shape index (κ2) is 7.47. The minimum absolute atomic E-state index is 0.0123. The van der Waals surface area contributed by atoms with Crippen LogP contribution in [0.25, 0.3) is 0 Å². The van der Waals surface area contributed by atoms with Crippen molar-refractivity contribution in [1.82, 2.24) is 9.88 Å². The average Bonchev–Trinajstić information content (AvgIpc) is 2.61. The quantitative estimate of drug-likeness (QED) is 0.912. The molecule has 1 aromatic heterocycles. The van der Waals surface area contributed by atoms with Crippen molar-refractivity contribution >= 4 is 11.6 Å². The third-order valence-electron chi connectivity index (χ3n) is 4.45. The van der Waals surface area contributed by atoms with E-state index in [0.29, 0.717) is 18.2 Å². The van der Waals surface area contributed by atoms with E-state index in [1.807, 2.05) is 23.1 Å². The van der Waals surface area contributed by atoms with E-state index in [1.54, 1.807) is 6.20 Å². The molecular formula is C20H25N3O. The molecule has 0 atom stereocenters. The van der Waals surface area contributed by atoms with Crippen LogP contribution < -0.4 is 5.32 Å². The van der Waals surface area contributed by atoms with Crippen LogP contribution in [0, 0.1) is 5.92 Å². The zero-order valence-electron chi connectivity index (χ0n) is 14.5. The summed E-state index contributed by atoms with van der Waals surface area (Å²) in [6, 6.07) is 12.1. The van der Waals surface area contributed by atoms with Crippen LogP contribution in [-0.4, -0.2) is 28.9 Å². The average molecular weight is 323 g/mol. The summed E-state index contributed by atoms with van der Waals surface area (Å²) in [4.78, 5) is 18.9. The maximum absolute atomic E-state index is 12.7. The van der Waals surface area contributed by atoms with Crippen molar-refractivity contribution in [1.29, 1.82) is 0 Å². The van der Waals surface area contributed by atoms with Gasteiger partial charge in [-0.1, -0.05) is 38.1 Å². The number of nitrogens with one attached hydrogen (secondary N) is 1. The van der Waals surface area contributed by atoms with Gasteiger partial charge in [0.2, 0.25) is 0 Å². The standard InChI is InChI=1S/C20H25N3O/c1-15(2)9-11-21-18-7-8-19(22-13-18)20(24)23-12-10-16-5-3-4-6-17(16)14-23/h3-8,13,15,21H,9-12,14H2,1-2H3. The highest BCUT2D eigenvalue weighted by molar-refractivity contribution is 5.92. The number of hydrogen-bond donors (Lipinski definition) is 1. The predicted octanol–water partition coefficient (Wildman–Crippen LogP) is 3.74. The molecule has 0 radical (unpaired) electrons. The van der Waals surface area contributed by atoms with Gasteiger partial charge in [-0.05, 0) is 42.0 Å². The van der Waals surface area contributed by atoms with E-state index < -0.39 is 0 Å². The van der Waals surface area contributed by atoms with Gasteiger partial charge in [0.15, 0.2) is 0 Å². The number of benzene rings is 1. The van der Waals surface area contributed by atoms with Gasteiger partial charge in [-0.25, -0.2) is 4.98 Å². The predicted molar refractivity (Wildman–Crippen MR) is 97.1 cm³/mol. The Hall–Kier alpha value is -2.36. The highest BCUT2D eigenvalue weighted by atomic mass is 16.2. The third-order valence-corrected chi connectivity index (χ3v) is 4.45. The molecule has 1 aromatic carbocycles. The molecular weight excluding hydrogens is 298 g/mol. The Morgan fingerprint density at radius 1 is 1.21 bits per heavy atom. The molecule has 0 unspecified atom stereocenters. The largest absolute Gasteiger partial charge is 0.384 e. The molecule has 0 saturated carbocycles. The number of pyridine rings is 1. The van der Waals surface area contributed by atoms with Crippen LogP contribution in [0.2, 0.25) is 0 Å². The number of rotatable bonds is 5. The summed E-state index contributed by atoms with van der Waals surface area (Å²) in [6.07, 6.45) is 3.79. The molecule has 1 aliphatic rings. The number of aromatic nitrogens is 1. The molecule has 1 N–H and O–H groups in total. The van der Waals surface area contributed by atoms with Gasteiger partial charge < -0.3 is 10.2 Å². The fourth-order valence-electron chi connectivity index (χ4n) is 2.96. The number of fused-ring (bicyclic) bond motifs is 1. The zero-order chi connectivity index (χ0) is 16.9. The van der Waals surface area contributed by atoms with Crippen molar-refractivity contribution in [3.8, 4) is 0 Å². The van der Waals surface area contributed by atoms with Gasteiger partial charge in [-0.2, -0.15) is 0 Å². The topological polar surface area (TPSA) is 45.2 Å². The minimum atomic E-state index is 0.0123. The summed E-state index contributed by atoms with van der Waals surface area (Å²) in [5.74, 6) is 0.687. The molecule has 126 valence electrons. The van der Waals surface area contributed by atoms with Gasteiger partial charge in [0.05, 0.1) is 11.9 Å².